The fourth-order valence-electron chi connectivity index (χ4n) is 2.93. The molecule has 0 aliphatic heterocycles. The molecule has 0 spiro atoms. The molecule has 0 fully saturated rings. The van der Waals surface area contributed by atoms with E-state index in [1.54, 1.807) is 12.1 Å². The van der Waals surface area contributed by atoms with E-state index in [0.717, 1.165) is 5.56 Å². The van der Waals surface area contributed by atoms with Gasteiger partial charge in [0.1, 0.15) is 17.3 Å². The number of halogens is 3. The van der Waals surface area contributed by atoms with Crippen LogP contribution in [0, 0.1) is 0 Å². The van der Waals surface area contributed by atoms with Crippen LogP contribution in [0.15, 0.2) is 30.0 Å². The highest BCUT2D eigenvalue weighted by Crippen LogP contribution is 2.40. The molecule has 0 N–H and O–H groups in total. The van der Waals surface area contributed by atoms with Gasteiger partial charge in [0.05, 0.1) is 14.2 Å². The lowest BCUT2D eigenvalue weighted by molar-refractivity contribution is -0.0522. The minimum atomic E-state index is -5.71. The van der Waals surface area contributed by atoms with Gasteiger partial charge in [-0.1, -0.05) is 12.1 Å². The Morgan fingerprint density at radius 2 is 1.62 bits per heavy atom. The summed E-state index contributed by atoms with van der Waals surface area (Å²) in [5.41, 5.74) is -4.08. The minimum absolute atomic E-state index is 0.0418. The van der Waals surface area contributed by atoms with Gasteiger partial charge in [-0.3, -0.25) is 0 Å². The zero-order valence-corrected chi connectivity index (χ0v) is 14.7. The second kappa shape index (κ2) is 6.39. The van der Waals surface area contributed by atoms with Crippen molar-refractivity contribution in [3.05, 3.63) is 41.2 Å². The molecule has 0 heterocycles. The van der Waals surface area contributed by atoms with E-state index in [9.17, 15) is 21.6 Å². The monoisotopic (exact) mass is 388 g/mol. The molecule has 1 aliphatic rings. The van der Waals surface area contributed by atoms with E-state index in [0.29, 0.717) is 34.3 Å². The topological polar surface area (TPSA) is 61.8 Å². The quantitative estimate of drug-likeness (QED) is 0.585. The second-order valence-corrected chi connectivity index (χ2v) is 7.16. The predicted molar refractivity (Wildman–Crippen MR) is 89.4 cm³/mol. The molecule has 9 heteroatoms. The van der Waals surface area contributed by atoms with Crippen molar-refractivity contribution in [3.63, 3.8) is 0 Å². The SMILES string of the molecule is COc1ccc(OC)c2c3c(ccc12)CCC(OS(=O)(=O)C(F)(F)F)=C3. The first-order valence-electron chi connectivity index (χ1n) is 7.56. The van der Waals surface area contributed by atoms with Crippen LogP contribution in [0.4, 0.5) is 13.2 Å². The Morgan fingerprint density at radius 3 is 2.23 bits per heavy atom. The molecule has 5 nitrogen and oxygen atoms in total. The third-order valence-corrected chi connectivity index (χ3v) is 5.12. The van der Waals surface area contributed by atoms with Gasteiger partial charge >= 0.3 is 15.6 Å². The standard InChI is InChI=1S/C17H15F3O5S/c1-23-14-7-8-15(24-2)16-12(14)6-4-10-3-5-11(9-13(10)16)25-26(21,22)17(18,19)20/h4,6-9H,3,5H2,1-2H3. The molecule has 0 aromatic heterocycles. The van der Waals surface area contributed by atoms with E-state index in [-0.39, 0.29) is 12.2 Å². The summed E-state index contributed by atoms with van der Waals surface area (Å²) >= 11 is 0. The number of allylic oxidation sites excluding steroid dienone is 1. The fraction of sp³-hybridized carbons (Fsp3) is 0.294. The van der Waals surface area contributed by atoms with Crippen LogP contribution >= 0.6 is 0 Å². The summed E-state index contributed by atoms with van der Waals surface area (Å²) in [5, 5.41) is 1.32. The number of rotatable bonds is 4. The van der Waals surface area contributed by atoms with Crippen LogP contribution in [0.25, 0.3) is 16.8 Å². The average molecular weight is 388 g/mol. The normalized spacial score (nSPS) is 14.6. The number of fused-ring (bicyclic) bond motifs is 3. The number of benzene rings is 2. The van der Waals surface area contributed by atoms with Crippen LogP contribution in [-0.2, 0) is 20.7 Å². The summed E-state index contributed by atoms with van der Waals surface area (Å²) in [6.07, 6.45) is 1.69. The van der Waals surface area contributed by atoms with Gasteiger partial charge in [-0.15, -0.1) is 0 Å². The van der Waals surface area contributed by atoms with Crippen LogP contribution in [-0.4, -0.2) is 28.1 Å². The largest absolute Gasteiger partial charge is 0.534 e. The van der Waals surface area contributed by atoms with Gasteiger partial charge in [-0.2, -0.15) is 21.6 Å². The Balaban J connectivity index is 2.18. The summed E-state index contributed by atoms with van der Waals surface area (Å²) in [6.45, 7) is 0. The Hall–Kier alpha value is -2.42. The maximum atomic E-state index is 12.6. The van der Waals surface area contributed by atoms with Crippen LogP contribution in [0.5, 0.6) is 11.5 Å². The first-order valence-corrected chi connectivity index (χ1v) is 8.96. The maximum Gasteiger partial charge on any atom is 0.534 e. The highest BCUT2D eigenvalue weighted by atomic mass is 32.2. The van der Waals surface area contributed by atoms with E-state index < -0.39 is 15.6 Å². The van der Waals surface area contributed by atoms with Crippen LogP contribution < -0.4 is 9.47 Å². The lowest BCUT2D eigenvalue weighted by Gasteiger charge is -2.21. The second-order valence-electron chi connectivity index (χ2n) is 5.62. The average Bonchev–Trinajstić information content (AvgIpc) is 2.59. The Bertz CT molecular complexity index is 994. The van der Waals surface area contributed by atoms with Crippen molar-refractivity contribution in [2.75, 3.05) is 14.2 Å². The Labute approximate surface area is 148 Å². The summed E-state index contributed by atoms with van der Waals surface area (Å²) in [4.78, 5) is 0. The molecular formula is C17H15F3O5S. The number of ether oxygens (including phenoxy) is 2. The van der Waals surface area contributed by atoms with E-state index in [1.165, 1.54) is 20.3 Å². The first-order chi connectivity index (χ1) is 12.2. The molecule has 1 aliphatic carbocycles. The highest BCUT2D eigenvalue weighted by molar-refractivity contribution is 7.87. The third kappa shape index (κ3) is 3.07. The highest BCUT2D eigenvalue weighted by Gasteiger charge is 2.49. The van der Waals surface area contributed by atoms with E-state index in [2.05, 4.69) is 4.18 Å². The molecule has 0 atom stereocenters. The van der Waals surface area contributed by atoms with Crippen molar-refractivity contribution in [1.29, 1.82) is 0 Å². The van der Waals surface area contributed by atoms with Gasteiger partial charge in [-0.25, -0.2) is 0 Å². The van der Waals surface area contributed by atoms with Crippen molar-refractivity contribution in [1.82, 2.24) is 0 Å². The molecule has 0 saturated carbocycles. The van der Waals surface area contributed by atoms with E-state index >= 15 is 0 Å². The number of methoxy groups -OCH3 is 2. The smallest absolute Gasteiger partial charge is 0.496 e. The molecule has 26 heavy (non-hydrogen) atoms. The summed E-state index contributed by atoms with van der Waals surface area (Å²) < 4.78 is 75.3. The predicted octanol–water partition coefficient (Wildman–Crippen LogP) is 4.01. The summed E-state index contributed by atoms with van der Waals surface area (Å²) in [6, 6.07) is 7.05. The van der Waals surface area contributed by atoms with E-state index in [4.69, 9.17) is 9.47 Å². The van der Waals surface area contributed by atoms with Gasteiger partial charge in [0.2, 0.25) is 0 Å². The van der Waals surface area contributed by atoms with Crippen LogP contribution in [0.1, 0.15) is 17.5 Å². The first kappa shape index (κ1) is 18.4. The van der Waals surface area contributed by atoms with Crippen molar-refractivity contribution in [2.24, 2.45) is 0 Å². The molecule has 0 radical (unpaired) electrons. The molecule has 2 aromatic carbocycles. The number of alkyl halides is 3. The van der Waals surface area contributed by atoms with Crippen molar-refractivity contribution in [3.8, 4) is 11.5 Å². The number of aryl methyl sites for hydroxylation is 1. The number of hydrogen-bond acceptors (Lipinski definition) is 5. The van der Waals surface area contributed by atoms with Crippen LogP contribution in [0.3, 0.4) is 0 Å². The minimum Gasteiger partial charge on any atom is -0.496 e. The van der Waals surface area contributed by atoms with Gasteiger partial charge in [0, 0.05) is 17.2 Å². The molecular weight excluding hydrogens is 373 g/mol. The van der Waals surface area contributed by atoms with Gasteiger partial charge in [0.25, 0.3) is 0 Å². The molecule has 0 saturated heterocycles. The van der Waals surface area contributed by atoms with Gasteiger partial charge in [-0.05, 0) is 35.8 Å². The summed E-state index contributed by atoms with van der Waals surface area (Å²) in [5.74, 6) is 0.786. The summed E-state index contributed by atoms with van der Waals surface area (Å²) in [7, 11) is -2.73. The molecule has 0 amide bonds. The zero-order chi connectivity index (χ0) is 19.1. The molecule has 3 rings (SSSR count). The van der Waals surface area contributed by atoms with E-state index in [1.807, 2.05) is 12.1 Å². The Kier molecular flexibility index (Phi) is 4.51. The molecule has 0 bridgehead atoms. The fourth-order valence-corrected chi connectivity index (χ4v) is 3.44. The van der Waals surface area contributed by atoms with Gasteiger partial charge in [0.15, 0.2) is 0 Å². The van der Waals surface area contributed by atoms with Crippen LogP contribution in [0.2, 0.25) is 0 Å². The lowest BCUT2D eigenvalue weighted by atomic mass is 9.90. The molecule has 140 valence electrons. The van der Waals surface area contributed by atoms with Gasteiger partial charge < -0.3 is 13.7 Å². The van der Waals surface area contributed by atoms with Crippen molar-refractivity contribution in [2.45, 2.75) is 18.3 Å². The zero-order valence-electron chi connectivity index (χ0n) is 13.9. The van der Waals surface area contributed by atoms with Crippen molar-refractivity contribution >= 4 is 27.0 Å². The molecule has 2 aromatic rings. The molecule has 0 unspecified atom stereocenters. The Morgan fingerprint density at radius 1 is 0.962 bits per heavy atom. The lowest BCUT2D eigenvalue weighted by Crippen LogP contribution is -2.25. The third-order valence-electron chi connectivity index (χ3n) is 4.12. The number of hydrogen-bond donors (Lipinski definition) is 0. The van der Waals surface area contributed by atoms with Crippen molar-refractivity contribution < 1.29 is 35.2 Å². The maximum absolute atomic E-state index is 12.6.